The first-order valence-corrected chi connectivity index (χ1v) is 21.7. The van der Waals surface area contributed by atoms with Gasteiger partial charge in [0.1, 0.15) is 17.1 Å². The second-order valence-electron chi connectivity index (χ2n) is 15.3. The molecule has 2 aromatic carbocycles. The minimum absolute atomic E-state index is 0.0168. The van der Waals surface area contributed by atoms with E-state index in [-0.39, 0.29) is 23.6 Å². The van der Waals surface area contributed by atoms with E-state index in [9.17, 15) is 44.7 Å². The summed E-state index contributed by atoms with van der Waals surface area (Å²) in [4.78, 5) is 54.0. The summed E-state index contributed by atoms with van der Waals surface area (Å²) in [7, 11) is 2.90. The van der Waals surface area contributed by atoms with Crippen molar-refractivity contribution < 1.29 is 44.7 Å². The fraction of sp³-hybridized carbons (Fsp3) is 0.474. The number of phenols is 1. The van der Waals surface area contributed by atoms with E-state index in [4.69, 9.17) is 17.0 Å². The van der Waals surface area contributed by atoms with Crippen LogP contribution in [0.4, 0.5) is 5.69 Å². The Morgan fingerprint density at radius 1 is 0.981 bits per heavy atom. The van der Waals surface area contributed by atoms with Crippen LogP contribution in [0.5, 0.6) is 5.75 Å². The minimum Gasteiger partial charge on any atom is -0.508 e. The van der Waals surface area contributed by atoms with Crippen LogP contribution in [-0.4, -0.2) is 105 Å². The smallest absolute Gasteiger partial charge is 0.508 e. The van der Waals surface area contributed by atoms with Crippen LogP contribution in [0.25, 0.3) is 5.76 Å². The number of aliphatic hydroxyl groups excluding tert-OH is 3. The maximum absolute atomic E-state index is 14.2. The normalized spacial score (nSPS) is 26.7. The number of likely N-dealkylation sites (N-methyl/N-ethyl adjacent to an activating group) is 1. The predicted octanol–water partition coefficient (Wildman–Crippen LogP) is 4.07. The number of benzene rings is 2. The number of rotatable bonds is 12. The van der Waals surface area contributed by atoms with Crippen molar-refractivity contribution in [1.82, 2.24) is 4.90 Å². The molecule has 0 heterocycles. The summed E-state index contributed by atoms with van der Waals surface area (Å²) in [5, 5.41) is 61.4. The van der Waals surface area contributed by atoms with Gasteiger partial charge < -0.3 is 26.2 Å². The second kappa shape index (κ2) is 14.2. The number of ketones is 2. The standard InChI is InChI=1S/C38H49ClN3O9P/c1-20-22-17-18-23(41-24(43)16-12-7-6-8-13-19-52(4,5,39)21-14-10-9-11-15-21)31(44)26(22)32(45)27-25(20)33(46)29-30(42(2)3)34(47)28(37(40)50)36(49)38(29,51)35(27)48/h9-11,14-15,17-18,20,25,29-30,33,44-46,49,51H,6-8,12-13,16,19H2,1-5H3,(H2,40,50)(H,41,43)/t20-,25+,29+,30-,33-,38-/m0/s1. The van der Waals surface area contributed by atoms with Crippen LogP contribution in [0.1, 0.15) is 62.5 Å². The van der Waals surface area contributed by atoms with Crippen molar-refractivity contribution in [3.63, 3.8) is 0 Å². The first-order valence-electron chi connectivity index (χ1n) is 17.5. The Labute approximate surface area is 308 Å². The van der Waals surface area contributed by atoms with Crippen LogP contribution in [0.2, 0.25) is 0 Å². The number of hydrogen-bond acceptors (Lipinski definition) is 10. The Bertz CT molecular complexity index is 1870. The minimum atomic E-state index is -3.00. The Hall–Kier alpha value is -3.80. The molecule has 0 unspecified atom stereocenters. The average molecular weight is 758 g/mol. The fourth-order valence-electron chi connectivity index (χ4n) is 8.33. The number of halogens is 1. The van der Waals surface area contributed by atoms with Gasteiger partial charge in [-0.25, -0.2) is 0 Å². The van der Waals surface area contributed by atoms with Crippen LogP contribution < -0.4 is 16.4 Å². The van der Waals surface area contributed by atoms with Gasteiger partial charge in [-0.05, 0) is 25.6 Å². The molecule has 52 heavy (non-hydrogen) atoms. The fourth-order valence-corrected chi connectivity index (χ4v) is 11.5. The molecule has 282 valence electrons. The third kappa shape index (κ3) is 6.64. The number of nitrogens with one attached hydrogen (secondary N) is 1. The average Bonchev–Trinajstić information content (AvgIpc) is 3.07. The number of primary amides is 1. The first-order chi connectivity index (χ1) is 24.2. The molecule has 1 fully saturated rings. The number of aromatic hydroxyl groups is 1. The molecule has 14 heteroatoms. The van der Waals surface area contributed by atoms with E-state index in [2.05, 4.69) is 30.8 Å². The van der Waals surface area contributed by atoms with Gasteiger partial charge in [-0.1, -0.05) is 6.92 Å². The summed E-state index contributed by atoms with van der Waals surface area (Å²) in [5.74, 6) is -12.6. The number of amides is 2. The van der Waals surface area contributed by atoms with Crippen LogP contribution >= 0.6 is 17.2 Å². The number of hydrogen-bond donors (Lipinski definition) is 7. The van der Waals surface area contributed by atoms with Crippen LogP contribution in [-0.2, 0) is 19.2 Å². The second-order valence-corrected chi connectivity index (χ2v) is 24.0. The third-order valence-electron chi connectivity index (χ3n) is 11.2. The van der Waals surface area contributed by atoms with Crippen molar-refractivity contribution in [3.05, 3.63) is 70.5 Å². The number of carbonyl (C=O) groups excluding carboxylic acids is 4. The van der Waals surface area contributed by atoms with E-state index >= 15 is 0 Å². The Kier molecular flexibility index (Phi) is 10.8. The van der Waals surface area contributed by atoms with Crippen molar-refractivity contribution in [2.75, 3.05) is 38.9 Å². The van der Waals surface area contributed by atoms with E-state index in [0.29, 0.717) is 12.0 Å². The molecule has 5 rings (SSSR count). The number of Topliss-reactive ketones (excluding diaryl/α,β-unsaturated/α-hetero) is 2. The van der Waals surface area contributed by atoms with Gasteiger partial charge in [-0.15, -0.1) is 0 Å². The molecule has 8 N–H and O–H groups in total. The number of carbonyl (C=O) groups is 4. The molecule has 3 aliphatic carbocycles. The summed E-state index contributed by atoms with van der Waals surface area (Å²) in [6.45, 7) is 5.97. The topological polar surface area (TPSA) is 211 Å². The molecular formula is C38H49ClN3O9P. The van der Waals surface area contributed by atoms with E-state index in [1.807, 2.05) is 18.2 Å². The molecule has 0 saturated heterocycles. The summed E-state index contributed by atoms with van der Waals surface area (Å²) in [5.41, 5.74) is 1.03. The summed E-state index contributed by atoms with van der Waals surface area (Å²) in [6.07, 6.45) is 3.73. The van der Waals surface area contributed by atoms with Crippen molar-refractivity contribution in [3.8, 4) is 5.75 Å². The molecule has 12 nitrogen and oxygen atoms in total. The van der Waals surface area contributed by atoms with Gasteiger partial charge in [-0.2, -0.15) is 0 Å². The number of unbranched alkanes of at least 4 members (excludes halogenated alkanes) is 4. The molecule has 2 aromatic rings. The van der Waals surface area contributed by atoms with Gasteiger partial charge in [0.05, 0.1) is 18.1 Å². The zero-order valence-corrected chi connectivity index (χ0v) is 31.7. The van der Waals surface area contributed by atoms with Gasteiger partial charge in [-0.3, -0.25) is 19.3 Å². The van der Waals surface area contributed by atoms with E-state index < -0.39 is 87.3 Å². The van der Waals surface area contributed by atoms with Crippen molar-refractivity contribution >= 4 is 57.3 Å². The number of aliphatic hydroxyl groups is 4. The molecule has 0 spiro atoms. The molecule has 3 aliphatic rings. The molecule has 0 aliphatic heterocycles. The number of fused-ring (bicyclic) bond motifs is 3. The van der Waals surface area contributed by atoms with Crippen molar-refractivity contribution in [1.29, 1.82) is 0 Å². The monoisotopic (exact) mass is 757 g/mol. The zero-order valence-electron chi connectivity index (χ0n) is 30.1. The third-order valence-corrected chi connectivity index (χ3v) is 15.7. The van der Waals surface area contributed by atoms with E-state index in [1.54, 1.807) is 13.0 Å². The quantitative estimate of drug-likeness (QED) is 0.0714. The van der Waals surface area contributed by atoms with Crippen LogP contribution in [0.15, 0.2) is 59.4 Å². The van der Waals surface area contributed by atoms with Gasteiger partial charge in [0.15, 0.2) is 11.4 Å². The maximum atomic E-state index is 14.2. The molecule has 0 aromatic heterocycles. The summed E-state index contributed by atoms with van der Waals surface area (Å²) in [6, 6.07) is 11.8. The van der Waals surface area contributed by atoms with Gasteiger partial charge in [0.25, 0.3) is 5.91 Å². The van der Waals surface area contributed by atoms with Gasteiger partial charge in [0.2, 0.25) is 5.78 Å². The number of nitrogens with zero attached hydrogens (tertiary/aromatic N) is 1. The van der Waals surface area contributed by atoms with E-state index in [1.165, 1.54) is 30.4 Å². The zero-order chi connectivity index (χ0) is 38.5. The first kappa shape index (κ1) is 39.4. The Morgan fingerprint density at radius 3 is 2.21 bits per heavy atom. The predicted molar refractivity (Wildman–Crippen MR) is 202 cm³/mol. The summed E-state index contributed by atoms with van der Waals surface area (Å²) < 4.78 is 0. The van der Waals surface area contributed by atoms with Gasteiger partial charge >= 0.3 is 161 Å². The van der Waals surface area contributed by atoms with E-state index in [0.717, 1.165) is 31.8 Å². The van der Waals surface area contributed by atoms with Crippen LogP contribution in [0.3, 0.4) is 0 Å². The van der Waals surface area contributed by atoms with Crippen molar-refractivity contribution in [2.45, 2.75) is 69.1 Å². The number of phenolic OH excluding ortho intramolecular Hbond substituents is 1. The van der Waals surface area contributed by atoms with Crippen molar-refractivity contribution in [2.24, 2.45) is 17.6 Å². The molecule has 0 radical (unpaired) electrons. The number of anilines is 1. The molecule has 0 bridgehead atoms. The molecular weight excluding hydrogens is 709 g/mol. The summed E-state index contributed by atoms with van der Waals surface area (Å²) >= 11 is 7.13. The Balaban J connectivity index is 1.31. The Morgan fingerprint density at radius 2 is 1.60 bits per heavy atom. The molecule has 1 saturated carbocycles. The molecule has 6 atom stereocenters. The van der Waals surface area contributed by atoms with Gasteiger partial charge in [0, 0.05) is 11.5 Å². The molecule has 2 amide bonds. The van der Waals surface area contributed by atoms with Crippen LogP contribution in [0, 0.1) is 11.8 Å². The number of nitrogens with two attached hydrogens (primary N) is 1. The SMILES string of the molecule is C[C@H]1c2ccc(NC(=O)CCCCCCCP(C)(C)(Cl)c3ccccc3)c(O)c2C(O)=C2C(=O)[C@]3(O)C(O)=C(C(N)=O)C(=O)[C@@H](N(C)C)[C@@H]3[C@@H](O)[C@@H]21.